The molecule has 0 amide bonds. The Balaban J connectivity index is 0.00000256. The quantitative estimate of drug-likeness (QED) is 0.865. The number of hydrogen-bond acceptors (Lipinski definition) is 1. The van der Waals surface area contributed by atoms with E-state index in [2.05, 4.69) is 0 Å². The molecule has 0 aliphatic heterocycles. The first-order valence-corrected chi connectivity index (χ1v) is 5.36. The van der Waals surface area contributed by atoms with Crippen LogP contribution in [0.2, 0.25) is 5.02 Å². The van der Waals surface area contributed by atoms with Crippen LogP contribution >= 0.6 is 24.0 Å². The highest BCUT2D eigenvalue weighted by Gasteiger charge is 2.31. The van der Waals surface area contributed by atoms with Gasteiger partial charge in [0, 0.05) is 11.1 Å². The third-order valence-electron chi connectivity index (χ3n) is 2.32. The molecule has 0 aromatic heterocycles. The largest absolute Gasteiger partial charge is 0.416 e. The first-order valence-electron chi connectivity index (χ1n) is 4.98. The summed E-state index contributed by atoms with van der Waals surface area (Å²) in [5, 5.41) is 0.286. The number of alkyl halides is 3. The third kappa shape index (κ3) is 4.37. The van der Waals surface area contributed by atoms with Crippen LogP contribution in [0.15, 0.2) is 18.2 Å². The Kier molecular flexibility index (Phi) is 6.30. The minimum absolute atomic E-state index is 0. The lowest BCUT2D eigenvalue weighted by molar-refractivity contribution is -0.137. The Morgan fingerprint density at radius 3 is 2.41 bits per heavy atom. The van der Waals surface area contributed by atoms with Crippen LogP contribution in [0.3, 0.4) is 0 Å². The number of nitrogens with two attached hydrogens (primary N) is 1. The van der Waals surface area contributed by atoms with Gasteiger partial charge >= 0.3 is 6.18 Å². The zero-order chi connectivity index (χ0) is 12.3. The highest BCUT2D eigenvalue weighted by molar-refractivity contribution is 6.31. The summed E-state index contributed by atoms with van der Waals surface area (Å²) in [6.45, 7) is 1.92. The van der Waals surface area contributed by atoms with Gasteiger partial charge in [-0.1, -0.05) is 24.9 Å². The predicted molar refractivity (Wildman–Crippen MR) is 65.5 cm³/mol. The van der Waals surface area contributed by atoms with Crippen LogP contribution in [0.25, 0.3) is 0 Å². The molecule has 0 saturated heterocycles. The molecule has 6 heteroatoms. The Bertz CT molecular complexity index is 366. The van der Waals surface area contributed by atoms with Crippen LogP contribution in [0.5, 0.6) is 0 Å². The molecular weight excluding hydrogens is 274 g/mol. The summed E-state index contributed by atoms with van der Waals surface area (Å²) in [6.07, 6.45) is -2.94. The van der Waals surface area contributed by atoms with Gasteiger partial charge in [0.1, 0.15) is 0 Å². The standard InChI is InChI=1S/C11H13ClF3N.ClH/c1-2-3-10(16)8-6-7(11(13,14)15)4-5-9(8)12;/h4-6,10H,2-3,16H2,1H3;1H/t10-;/m0./s1. The SMILES string of the molecule is CCC[C@H](N)c1cc(C(F)(F)F)ccc1Cl.Cl. The van der Waals surface area contributed by atoms with Gasteiger partial charge in [-0.15, -0.1) is 12.4 Å². The Morgan fingerprint density at radius 1 is 1.35 bits per heavy atom. The zero-order valence-corrected chi connectivity index (χ0v) is 10.8. The predicted octanol–water partition coefficient (Wildman–Crippen LogP) is 4.58. The van der Waals surface area contributed by atoms with Crippen molar-refractivity contribution in [3.63, 3.8) is 0 Å². The molecule has 2 N–H and O–H groups in total. The fourth-order valence-corrected chi connectivity index (χ4v) is 1.73. The van der Waals surface area contributed by atoms with E-state index in [-0.39, 0.29) is 17.4 Å². The van der Waals surface area contributed by atoms with E-state index in [1.165, 1.54) is 6.07 Å². The van der Waals surface area contributed by atoms with Gasteiger partial charge in [-0.2, -0.15) is 13.2 Å². The van der Waals surface area contributed by atoms with E-state index in [4.69, 9.17) is 17.3 Å². The van der Waals surface area contributed by atoms with E-state index < -0.39 is 17.8 Å². The topological polar surface area (TPSA) is 26.0 Å². The molecule has 17 heavy (non-hydrogen) atoms. The van der Waals surface area contributed by atoms with Crippen LogP contribution in [-0.4, -0.2) is 0 Å². The second-order valence-electron chi connectivity index (χ2n) is 3.63. The molecule has 0 saturated carbocycles. The second kappa shape index (κ2) is 6.47. The van der Waals surface area contributed by atoms with Crippen molar-refractivity contribution in [2.75, 3.05) is 0 Å². The van der Waals surface area contributed by atoms with Crippen molar-refractivity contribution in [1.82, 2.24) is 0 Å². The normalized spacial score (nSPS) is 13.1. The number of halogens is 5. The summed E-state index contributed by atoms with van der Waals surface area (Å²) in [7, 11) is 0. The minimum atomic E-state index is -4.36. The molecule has 0 fully saturated rings. The molecule has 0 spiro atoms. The molecule has 0 bridgehead atoms. The molecule has 1 aromatic carbocycles. The Hall–Kier alpha value is -0.450. The molecule has 1 nitrogen and oxygen atoms in total. The van der Waals surface area contributed by atoms with Crippen LogP contribution in [0.4, 0.5) is 13.2 Å². The molecule has 1 aromatic rings. The van der Waals surface area contributed by atoms with Gasteiger partial charge in [0.2, 0.25) is 0 Å². The monoisotopic (exact) mass is 287 g/mol. The van der Waals surface area contributed by atoms with Crippen molar-refractivity contribution < 1.29 is 13.2 Å². The van der Waals surface area contributed by atoms with Gasteiger partial charge in [-0.3, -0.25) is 0 Å². The smallest absolute Gasteiger partial charge is 0.324 e. The first-order chi connectivity index (χ1) is 7.36. The maximum atomic E-state index is 12.5. The molecule has 0 radical (unpaired) electrons. The van der Waals surface area contributed by atoms with Crippen LogP contribution in [-0.2, 0) is 6.18 Å². The zero-order valence-electron chi connectivity index (χ0n) is 9.22. The first kappa shape index (κ1) is 16.6. The molecule has 1 atom stereocenters. The van der Waals surface area contributed by atoms with Gasteiger partial charge < -0.3 is 5.73 Å². The average molecular weight is 288 g/mol. The summed E-state index contributed by atoms with van der Waals surface area (Å²) >= 11 is 5.83. The summed E-state index contributed by atoms with van der Waals surface area (Å²) in [4.78, 5) is 0. The molecule has 98 valence electrons. The third-order valence-corrected chi connectivity index (χ3v) is 2.67. The second-order valence-corrected chi connectivity index (χ2v) is 4.04. The lowest BCUT2D eigenvalue weighted by Crippen LogP contribution is -2.13. The highest BCUT2D eigenvalue weighted by Crippen LogP contribution is 2.34. The van der Waals surface area contributed by atoms with E-state index >= 15 is 0 Å². The van der Waals surface area contributed by atoms with Crippen LogP contribution in [0.1, 0.15) is 36.9 Å². The fourth-order valence-electron chi connectivity index (χ4n) is 1.47. The van der Waals surface area contributed by atoms with Crippen molar-refractivity contribution >= 4 is 24.0 Å². The van der Waals surface area contributed by atoms with E-state index in [0.717, 1.165) is 18.6 Å². The van der Waals surface area contributed by atoms with E-state index in [1.807, 2.05) is 6.92 Å². The lowest BCUT2D eigenvalue weighted by Gasteiger charge is -2.15. The number of hydrogen-bond donors (Lipinski definition) is 1. The Morgan fingerprint density at radius 2 is 1.94 bits per heavy atom. The maximum Gasteiger partial charge on any atom is 0.416 e. The summed E-state index contributed by atoms with van der Waals surface area (Å²) in [6, 6.07) is 2.79. The Labute approximate surface area is 110 Å². The van der Waals surface area contributed by atoms with E-state index in [9.17, 15) is 13.2 Å². The highest BCUT2D eigenvalue weighted by atomic mass is 35.5. The van der Waals surface area contributed by atoms with Crippen LogP contribution < -0.4 is 5.73 Å². The van der Waals surface area contributed by atoms with Crippen molar-refractivity contribution in [2.24, 2.45) is 5.73 Å². The van der Waals surface area contributed by atoms with Gasteiger partial charge in [0.05, 0.1) is 5.56 Å². The van der Waals surface area contributed by atoms with Crippen molar-refractivity contribution in [1.29, 1.82) is 0 Å². The minimum Gasteiger partial charge on any atom is -0.324 e. The summed E-state index contributed by atoms with van der Waals surface area (Å²) in [5.41, 5.74) is 5.42. The number of rotatable bonds is 3. The van der Waals surface area contributed by atoms with Gasteiger partial charge in [0.25, 0.3) is 0 Å². The summed E-state index contributed by atoms with van der Waals surface area (Å²) in [5.74, 6) is 0. The fraction of sp³-hybridized carbons (Fsp3) is 0.455. The van der Waals surface area contributed by atoms with Crippen LogP contribution in [0, 0.1) is 0 Å². The van der Waals surface area contributed by atoms with Gasteiger partial charge in [-0.05, 0) is 30.2 Å². The molecular formula is C11H14Cl2F3N. The van der Waals surface area contributed by atoms with Gasteiger partial charge in [0.15, 0.2) is 0 Å². The lowest BCUT2D eigenvalue weighted by atomic mass is 10.0. The molecule has 0 unspecified atom stereocenters. The molecule has 1 rings (SSSR count). The average Bonchev–Trinajstić information content (AvgIpc) is 2.16. The summed E-state index contributed by atoms with van der Waals surface area (Å²) < 4.78 is 37.4. The molecule has 0 aliphatic carbocycles. The van der Waals surface area contributed by atoms with E-state index in [0.29, 0.717) is 12.0 Å². The number of benzene rings is 1. The van der Waals surface area contributed by atoms with Gasteiger partial charge in [-0.25, -0.2) is 0 Å². The maximum absolute atomic E-state index is 12.5. The molecule has 0 aliphatic rings. The van der Waals surface area contributed by atoms with E-state index in [1.54, 1.807) is 0 Å². The molecule has 0 heterocycles. The van der Waals surface area contributed by atoms with Crippen molar-refractivity contribution in [3.8, 4) is 0 Å². The van der Waals surface area contributed by atoms with Crippen molar-refractivity contribution in [3.05, 3.63) is 34.3 Å². The van der Waals surface area contributed by atoms with Crippen molar-refractivity contribution in [2.45, 2.75) is 32.0 Å².